The predicted molar refractivity (Wildman–Crippen MR) is 30.9 cm³/mol. The van der Waals surface area contributed by atoms with Crippen molar-refractivity contribution in [2.24, 2.45) is 0 Å². The Bertz CT molecular complexity index is 82.8. The zero-order valence-electron chi connectivity index (χ0n) is 6.12. The van der Waals surface area contributed by atoms with E-state index in [2.05, 4.69) is 0 Å². The molecule has 0 aliphatic rings. The molecule has 0 spiro atoms. The fourth-order valence-electron chi connectivity index (χ4n) is 0. The van der Waals surface area contributed by atoms with E-state index >= 15 is 0 Å². The summed E-state index contributed by atoms with van der Waals surface area (Å²) in [6, 6.07) is 0. The normalized spacial score (nSPS) is 4.82. The van der Waals surface area contributed by atoms with Crippen LogP contribution < -0.4 is 0 Å². The first-order chi connectivity index (χ1) is 4.46. The second kappa shape index (κ2) is 22.6. The van der Waals surface area contributed by atoms with E-state index in [1.807, 2.05) is 0 Å². The van der Waals surface area contributed by atoms with Gasteiger partial charge in [0.15, 0.2) is 0 Å². The molecule has 0 aromatic heterocycles. The summed E-state index contributed by atoms with van der Waals surface area (Å²) in [4.78, 5) is 18.0. The number of carbonyl (C=O) groups is 2. The van der Waals surface area contributed by atoms with Crippen molar-refractivity contribution in [2.75, 3.05) is 0 Å². The average Bonchev–Trinajstić information content (AvgIpc) is 1.66. The Hall–Kier alpha value is -0.417. The molecule has 4 N–H and O–H groups in total. The molecule has 0 unspecified atom stereocenters. The Morgan fingerprint density at radius 3 is 1.00 bits per heavy atom. The van der Waals surface area contributed by atoms with E-state index in [0.717, 1.165) is 13.8 Å². The van der Waals surface area contributed by atoms with Crippen LogP contribution >= 0.6 is 0 Å². The van der Waals surface area contributed by atoms with E-state index in [4.69, 9.17) is 22.6 Å². The summed E-state index contributed by atoms with van der Waals surface area (Å²) < 4.78 is 8.34. The average molecular weight is 245 g/mol. The minimum absolute atomic E-state index is 0. The van der Waals surface area contributed by atoms with Crippen molar-refractivity contribution in [1.82, 2.24) is 0 Å². The van der Waals surface area contributed by atoms with Gasteiger partial charge in [-0.25, -0.2) is 0 Å². The molecule has 0 rings (SSSR count). The molecular weight excluding hydrogens is 235 g/mol. The summed E-state index contributed by atoms with van der Waals surface area (Å²) in [5.74, 6) is -1.67. The Labute approximate surface area is 78.8 Å². The Balaban J connectivity index is -0.0000000339. The zero-order chi connectivity index (χ0) is 9.15. The quantitative estimate of drug-likeness (QED) is 0.580. The number of carboxylic acids is 2. The second-order valence-corrected chi connectivity index (χ2v) is 1.04. The summed E-state index contributed by atoms with van der Waals surface area (Å²) >= 11 is 0.300. The monoisotopic (exact) mass is 244 g/mol. The van der Waals surface area contributed by atoms with Crippen molar-refractivity contribution in [3.63, 3.8) is 0 Å². The van der Waals surface area contributed by atoms with Crippen LogP contribution in [0.3, 0.4) is 0 Å². The molecule has 0 bridgehead atoms. The van der Waals surface area contributed by atoms with E-state index in [0.29, 0.717) is 24.7 Å². The number of aliphatic carboxylic acids is 2. The zero-order valence-corrected chi connectivity index (χ0v) is 8.58. The van der Waals surface area contributed by atoms with Gasteiger partial charge >= 0.3 is 27.5 Å². The predicted octanol–water partition coefficient (Wildman–Crippen LogP) is -0.764. The van der Waals surface area contributed by atoms with Crippen LogP contribution in [0.25, 0.3) is 0 Å². The van der Waals surface area contributed by atoms with Gasteiger partial charge in [0.2, 0.25) is 0 Å². The molecule has 0 atom stereocenters. The van der Waals surface area contributed by atoms with Crippen molar-refractivity contribution in [2.45, 2.75) is 13.8 Å². The number of rotatable bonds is 0. The van der Waals surface area contributed by atoms with Crippen molar-refractivity contribution in [3.8, 4) is 0 Å². The fourth-order valence-corrected chi connectivity index (χ4v) is 0. The van der Waals surface area contributed by atoms with Gasteiger partial charge in [-0.1, -0.05) is 0 Å². The van der Waals surface area contributed by atoms with Crippen LogP contribution in [-0.4, -0.2) is 27.6 Å². The van der Waals surface area contributed by atoms with Gasteiger partial charge < -0.3 is 15.7 Å². The van der Waals surface area contributed by atoms with Gasteiger partial charge in [0.25, 0.3) is 11.9 Å². The molecule has 0 heterocycles. The first kappa shape index (κ1) is 22.4. The molecule has 0 amide bonds. The second-order valence-electron chi connectivity index (χ2n) is 1.04. The topological polar surface area (TPSA) is 123 Å². The van der Waals surface area contributed by atoms with Crippen LogP contribution in [0.1, 0.15) is 13.8 Å². The van der Waals surface area contributed by atoms with Crippen LogP contribution in [0.4, 0.5) is 0 Å². The third-order valence-electron chi connectivity index (χ3n) is 0. The third kappa shape index (κ3) is 3170. The molecule has 0 radical (unpaired) electrons. The molecule has 6 nitrogen and oxygen atoms in total. The van der Waals surface area contributed by atoms with Crippen molar-refractivity contribution < 1.29 is 52.8 Å². The first-order valence-electron chi connectivity index (χ1n) is 2.06. The molecule has 11 heavy (non-hydrogen) atoms. The number of carboxylic acid groups (broad SMARTS) is 2. The summed E-state index contributed by atoms with van der Waals surface area (Å²) in [6.07, 6.45) is 0. The van der Waals surface area contributed by atoms with Crippen LogP contribution in [0.15, 0.2) is 0 Å². The fraction of sp³-hybridized carbons (Fsp3) is 0.500. The van der Waals surface area contributed by atoms with Gasteiger partial charge in [-0.15, -0.1) is 0 Å². The minimum atomic E-state index is -0.833. The Morgan fingerprint density at radius 1 is 1.00 bits per heavy atom. The molecule has 0 saturated heterocycles. The van der Waals surface area contributed by atoms with E-state index in [1.54, 1.807) is 0 Å². The Morgan fingerprint density at radius 2 is 1.00 bits per heavy atom. The molecule has 7 heteroatoms. The van der Waals surface area contributed by atoms with Crippen molar-refractivity contribution in [1.29, 1.82) is 0 Å². The number of hydrogen-bond acceptors (Lipinski definition) is 3. The molecule has 0 saturated carbocycles. The van der Waals surface area contributed by atoms with Gasteiger partial charge in [0.1, 0.15) is 0 Å². The van der Waals surface area contributed by atoms with Crippen LogP contribution in [0, 0.1) is 0 Å². The SMILES string of the molecule is CC(=O)O.CC(=O)O.O.[O]=[Zr]. The molecule has 66 valence electrons. The van der Waals surface area contributed by atoms with Crippen molar-refractivity contribution >= 4 is 11.9 Å². The summed E-state index contributed by atoms with van der Waals surface area (Å²) in [6.45, 7) is 2.17. The summed E-state index contributed by atoms with van der Waals surface area (Å²) in [5, 5.41) is 14.8. The third-order valence-corrected chi connectivity index (χ3v) is 0. The van der Waals surface area contributed by atoms with Crippen LogP contribution in [-0.2, 0) is 37.1 Å². The van der Waals surface area contributed by atoms with Gasteiger partial charge in [-0.2, -0.15) is 0 Å². The van der Waals surface area contributed by atoms with Gasteiger partial charge in [-0.3, -0.25) is 9.59 Å². The maximum absolute atomic E-state index is 9.00. The molecule has 0 fully saturated rings. The summed E-state index contributed by atoms with van der Waals surface area (Å²) in [7, 11) is 0. The first-order valence-corrected chi connectivity index (χ1v) is 3.06. The van der Waals surface area contributed by atoms with E-state index in [1.165, 1.54) is 0 Å². The molecule has 0 aromatic carbocycles. The van der Waals surface area contributed by atoms with Gasteiger partial charge in [0.05, 0.1) is 0 Å². The molecular formula is C4H10O6Zr. The molecule has 0 aliphatic carbocycles. The Kier molecular flexibility index (Phi) is 46.2. The van der Waals surface area contributed by atoms with Crippen molar-refractivity contribution in [3.05, 3.63) is 0 Å². The number of hydrogen-bond donors (Lipinski definition) is 2. The summed E-state index contributed by atoms with van der Waals surface area (Å²) in [5.41, 5.74) is 0. The van der Waals surface area contributed by atoms with Gasteiger partial charge in [-0.05, 0) is 0 Å². The van der Waals surface area contributed by atoms with Gasteiger partial charge in [0, 0.05) is 13.8 Å². The maximum atomic E-state index is 9.00. The molecule has 0 aromatic rings. The van der Waals surface area contributed by atoms with Crippen LogP contribution in [0.5, 0.6) is 0 Å². The van der Waals surface area contributed by atoms with E-state index < -0.39 is 11.9 Å². The standard InChI is InChI=1S/2C2H4O2.H2O.O.Zr/c2*1-2(3)4;;;/h2*1H3,(H,3,4);1H2;;. The van der Waals surface area contributed by atoms with E-state index in [-0.39, 0.29) is 5.48 Å². The molecule has 0 aliphatic heterocycles. The van der Waals surface area contributed by atoms with E-state index in [9.17, 15) is 0 Å². The van der Waals surface area contributed by atoms with Crippen LogP contribution in [0.2, 0.25) is 0 Å².